The molecule has 0 spiro atoms. The number of rotatable bonds is 2. The smallest absolute Gasteiger partial charge is 0.273 e. The number of benzene rings is 1. The lowest BCUT2D eigenvalue weighted by atomic mass is 10.0. The van der Waals surface area contributed by atoms with E-state index in [-0.39, 0.29) is 22.9 Å². The van der Waals surface area contributed by atoms with Crippen molar-refractivity contribution in [2.75, 3.05) is 26.3 Å². The van der Waals surface area contributed by atoms with Crippen molar-refractivity contribution in [1.29, 1.82) is 0 Å². The zero-order valence-corrected chi connectivity index (χ0v) is 10.5. The molecule has 1 saturated heterocycles. The molecule has 1 aromatic carbocycles. The van der Waals surface area contributed by atoms with Gasteiger partial charge in [0.25, 0.3) is 11.6 Å². The molecule has 1 fully saturated rings. The first-order valence-electron chi connectivity index (χ1n) is 5.85. The number of hydrogen-bond acceptors (Lipinski definition) is 5. The number of nitro benzene ring substituents is 1. The summed E-state index contributed by atoms with van der Waals surface area (Å²) in [4.78, 5) is 24.0. The summed E-state index contributed by atoms with van der Waals surface area (Å²) in [5, 5.41) is 20.4. The molecule has 1 aliphatic rings. The van der Waals surface area contributed by atoms with Crippen LogP contribution in [0.2, 0.25) is 0 Å². The second-order valence-electron chi connectivity index (χ2n) is 4.30. The summed E-state index contributed by atoms with van der Waals surface area (Å²) >= 11 is 0. The second kappa shape index (κ2) is 5.23. The predicted octanol–water partition coefficient (Wildman–Crippen LogP) is 1.08. The van der Waals surface area contributed by atoms with Crippen LogP contribution in [0.5, 0.6) is 5.75 Å². The lowest BCUT2D eigenvalue weighted by molar-refractivity contribution is -0.385. The summed E-state index contributed by atoms with van der Waals surface area (Å²) < 4.78 is 5.15. The van der Waals surface area contributed by atoms with E-state index < -0.39 is 4.92 Å². The van der Waals surface area contributed by atoms with E-state index in [1.807, 2.05) is 0 Å². The molecular weight excluding hydrogens is 252 g/mol. The number of non-ortho nitro benzene ring substituents is 1. The summed E-state index contributed by atoms with van der Waals surface area (Å²) in [6, 6.07) is 2.25. The molecule has 7 nitrogen and oxygen atoms in total. The average Bonchev–Trinajstić information content (AvgIpc) is 2.41. The van der Waals surface area contributed by atoms with Gasteiger partial charge in [-0.2, -0.15) is 0 Å². The van der Waals surface area contributed by atoms with Crippen LogP contribution in [0.25, 0.3) is 0 Å². The van der Waals surface area contributed by atoms with Gasteiger partial charge in [-0.3, -0.25) is 14.9 Å². The Kier molecular flexibility index (Phi) is 3.66. The molecule has 0 atom stereocenters. The van der Waals surface area contributed by atoms with Crippen LogP contribution in [0, 0.1) is 17.0 Å². The maximum Gasteiger partial charge on any atom is 0.273 e. The SMILES string of the molecule is Cc1c(O)cc([N+](=O)[O-])cc1C(=O)N1CCOCC1. The number of phenolic OH excluding ortho intramolecular Hbond substituents is 1. The molecule has 2 rings (SSSR count). The van der Waals surface area contributed by atoms with Crippen molar-refractivity contribution in [2.45, 2.75) is 6.92 Å². The number of aromatic hydroxyl groups is 1. The minimum atomic E-state index is -0.630. The van der Waals surface area contributed by atoms with Crippen molar-refractivity contribution >= 4 is 11.6 Å². The Balaban J connectivity index is 2.37. The van der Waals surface area contributed by atoms with Crippen LogP contribution in [0.3, 0.4) is 0 Å². The maximum atomic E-state index is 12.3. The van der Waals surface area contributed by atoms with Gasteiger partial charge in [0.2, 0.25) is 0 Å². The molecular formula is C12H14N2O5. The Morgan fingerprint density at radius 1 is 1.42 bits per heavy atom. The number of hydrogen-bond donors (Lipinski definition) is 1. The number of phenols is 1. The largest absolute Gasteiger partial charge is 0.507 e. The van der Waals surface area contributed by atoms with Crippen molar-refractivity contribution in [3.63, 3.8) is 0 Å². The summed E-state index contributed by atoms with van der Waals surface area (Å²) in [7, 11) is 0. The van der Waals surface area contributed by atoms with Crippen LogP contribution in [0.15, 0.2) is 12.1 Å². The van der Waals surface area contributed by atoms with Crippen LogP contribution in [0.1, 0.15) is 15.9 Å². The van der Waals surface area contributed by atoms with Gasteiger partial charge in [-0.15, -0.1) is 0 Å². The molecule has 1 N–H and O–H groups in total. The highest BCUT2D eigenvalue weighted by atomic mass is 16.6. The zero-order valence-electron chi connectivity index (χ0n) is 10.5. The predicted molar refractivity (Wildman–Crippen MR) is 66.2 cm³/mol. The first-order valence-corrected chi connectivity index (χ1v) is 5.85. The molecule has 1 aromatic rings. The lowest BCUT2D eigenvalue weighted by Gasteiger charge is -2.27. The molecule has 0 saturated carbocycles. The summed E-state index contributed by atoms with van der Waals surface area (Å²) in [6.07, 6.45) is 0. The van der Waals surface area contributed by atoms with E-state index in [1.165, 1.54) is 6.07 Å². The fourth-order valence-corrected chi connectivity index (χ4v) is 1.95. The van der Waals surface area contributed by atoms with Gasteiger partial charge in [-0.05, 0) is 6.92 Å². The minimum Gasteiger partial charge on any atom is -0.507 e. The van der Waals surface area contributed by atoms with Gasteiger partial charge in [0.15, 0.2) is 0 Å². The number of carbonyl (C=O) groups is 1. The summed E-state index contributed by atoms with van der Waals surface area (Å²) in [5.41, 5.74) is 0.218. The van der Waals surface area contributed by atoms with Gasteiger partial charge in [-0.25, -0.2) is 0 Å². The standard InChI is InChI=1S/C12H14N2O5/c1-8-10(6-9(14(17)18)7-11(8)15)12(16)13-2-4-19-5-3-13/h6-7,15H,2-5H2,1H3. The first-order chi connectivity index (χ1) is 9.00. The fourth-order valence-electron chi connectivity index (χ4n) is 1.95. The molecule has 7 heteroatoms. The number of carbonyl (C=O) groups excluding carboxylic acids is 1. The first kappa shape index (κ1) is 13.3. The van der Waals surface area contributed by atoms with Crippen molar-refractivity contribution in [1.82, 2.24) is 4.90 Å². The van der Waals surface area contributed by atoms with E-state index in [1.54, 1.807) is 11.8 Å². The van der Waals surface area contributed by atoms with Gasteiger partial charge in [0, 0.05) is 24.7 Å². The van der Waals surface area contributed by atoms with E-state index >= 15 is 0 Å². The number of nitro groups is 1. The van der Waals surface area contributed by atoms with Crippen LogP contribution in [-0.2, 0) is 4.74 Å². The van der Waals surface area contributed by atoms with Crippen LogP contribution in [-0.4, -0.2) is 47.1 Å². The third-order valence-electron chi connectivity index (χ3n) is 3.10. The monoisotopic (exact) mass is 266 g/mol. The highest BCUT2D eigenvalue weighted by Crippen LogP contribution is 2.28. The van der Waals surface area contributed by atoms with E-state index in [0.717, 1.165) is 6.07 Å². The van der Waals surface area contributed by atoms with Gasteiger partial charge >= 0.3 is 0 Å². The van der Waals surface area contributed by atoms with E-state index in [0.29, 0.717) is 31.9 Å². The van der Waals surface area contributed by atoms with Crippen molar-refractivity contribution in [3.8, 4) is 5.75 Å². The molecule has 1 amide bonds. The van der Waals surface area contributed by atoms with Crippen LogP contribution < -0.4 is 0 Å². The van der Waals surface area contributed by atoms with E-state index in [4.69, 9.17) is 4.74 Å². The molecule has 1 heterocycles. The van der Waals surface area contributed by atoms with Crippen molar-refractivity contribution in [2.24, 2.45) is 0 Å². The van der Waals surface area contributed by atoms with Crippen molar-refractivity contribution in [3.05, 3.63) is 33.4 Å². The molecule has 19 heavy (non-hydrogen) atoms. The molecule has 0 unspecified atom stereocenters. The van der Waals surface area contributed by atoms with Gasteiger partial charge in [0.1, 0.15) is 5.75 Å². The highest BCUT2D eigenvalue weighted by Gasteiger charge is 2.24. The summed E-state index contributed by atoms with van der Waals surface area (Å²) in [5.74, 6) is -0.564. The third kappa shape index (κ3) is 2.65. The minimum absolute atomic E-state index is 0.161. The van der Waals surface area contributed by atoms with Crippen LogP contribution in [0.4, 0.5) is 5.69 Å². The number of morpholine rings is 1. The van der Waals surface area contributed by atoms with Gasteiger partial charge < -0.3 is 14.7 Å². The van der Waals surface area contributed by atoms with Gasteiger partial charge in [-0.1, -0.05) is 0 Å². The van der Waals surface area contributed by atoms with Crippen molar-refractivity contribution < 1.29 is 19.6 Å². The normalized spacial score (nSPS) is 15.3. The Morgan fingerprint density at radius 2 is 2.05 bits per heavy atom. The fraction of sp³-hybridized carbons (Fsp3) is 0.417. The zero-order chi connectivity index (χ0) is 14.0. The molecule has 102 valence electrons. The lowest BCUT2D eigenvalue weighted by Crippen LogP contribution is -2.40. The second-order valence-corrected chi connectivity index (χ2v) is 4.30. The van der Waals surface area contributed by atoms with E-state index in [2.05, 4.69) is 0 Å². The molecule has 0 aliphatic carbocycles. The highest BCUT2D eigenvalue weighted by molar-refractivity contribution is 5.97. The van der Waals surface area contributed by atoms with E-state index in [9.17, 15) is 20.0 Å². The molecule has 1 aliphatic heterocycles. The number of nitrogens with zero attached hydrogens (tertiary/aromatic N) is 2. The Bertz CT molecular complexity index is 523. The molecule has 0 radical (unpaired) electrons. The number of ether oxygens (including phenoxy) is 1. The molecule has 0 bridgehead atoms. The van der Waals surface area contributed by atoms with Crippen LogP contribution >= 0.6 is 0 Å². The quantitative estimate of drug-likeness (QED) is 0.638. The topological polar surface area (TPSA) is 92.9 Å². The summed E-state index contributed by atoms with van der Waals surface area (Å²) in [6.45, 7) is 3.35. The Hall–Kier alpha value is -2.15. The number of amides is 1. The molecule has 0 aromatic heterocycles. The Labute approximate surface area is 109 Å². The van der Waals surface area contributed by atoms with Gasteiger partial charge in [0.05, 0.1) is 29.8 Å². The maximum absolute atomic E-state index is 12.3. The average molecular weight is 266 g/mol. The third-order valence-corrected chi connectivity index (χ3v) is 3.10. The Morgan fingerprint density at radius 3 is 2.63 bits per heavy atom.